The van der Waals surface area contributed by atoms with E-state index in [2.05, 4.69) is 15.8 Å². The summed E-state index contributed by atoms with van der Waals surface area (Å²) in [5.41, 5.74) is 4.75. The Kier molecular flexibility index (Phi) is 9.62. The Balaban J connectivity index is 1.75. The van der Waals surface area contributed by atoms with Crippen molar-refractivity contribution in [3.05, 3.63) is 24.3 Å². The summed E-state index contributed by atoms with van der Waals surface area (Å²) in [4.78, 5) is 12.1. The smallest absolute Gasteiger partial charge is 0.259 e. The summed E-state index contributed by atoms with van der Waals surface area (Å²) in [7, 11) is 1.64. The number of carbonyl (C=O) groups is 1. The van der Waals surface area contributed by atoms with Crippen molar-refractivity contribution in [3.63, 3.8) is 0 Å². The average Bonchev–Trinajstić information content (AvgIpc) is 2.66. The molecule has 0 radical (unpaired) electrons. The summed E-state index contributed by atoms with van der Waals surface area (Å²) >= 11 is 0. The van der Waals surface area contributed by atoms with E-state index in [1.165, 1.54) is 57.8 Å². The molecule has 2 N–H and O–H groups in total. The summed E-state index contributed by atoms with van der Waals surface area (Å²) in [6, 6.07) is 7.52. The van der Waals surface area contributed by atoms with Crippen molar-refractivity contribution >= 4 is 17.3 Å². The second-order valence-corrected chi connectivity index (χ2v) is 6.98. The molecule has 0 spiro atoms. The number of amides is 1. The van der Waals surface area contributed by atoms with Crippen LogP contribution in [0.1, 0.15) is 70.6 Å². The molecule has 5 heteroatoms. The molecule has 0 aliphatic heterocycles. The average molecular weight is 360 g/mol. The summed E-state index contributed by atoms with van der Waals surface area (Å²) in [5, 5.41) is 7.51. The summed E-state index contributed by atoms with van der Waals surface area (Å²) in [6.45, 7) is 0.211. The maximum atomic E-state index is 12.1. The fourth-order valence-corrected chi connectivity index (χ4v) is 3.20. The van der Waals surface area contributed by atoms with E-state index in [1.54, 1.807) is 7.11 Å². The molecular formula is C21H33N3O2. The molecule has 1 fully saturated rings. The highest BCUT2D eigenvalue weighted by Crippen LogP contribution is 2.16. The zero-order valence-electron chi connectivity index (χ0n) is 16.1. The highest BCUT2D eigenvalue weighted by atomic mass is 16.5. The fourth-order valence-electron chi connectivity index (χ4n) is 3.20. The van der Waals surface area contributed by atoms with Gasteiger partial charge in [-0.25, -0.2) is 5.43 Å². The molecule has 0 heterocycles. The van der Waals surface area contributed by atoms with Crippen molar-refractivity contribution in [2.45, 2.75) is 70.6 Å². The first kappa shape index (κ1) is 20.3. The van der Waals surface area contributed by atoms with Crippen LogP contribution in [0.15, 0.2) is 29.4 Å². The molecule has 144 valence electrons. The Hall–Kier alpha value is -2.04. The molecule has 1 aromatic rings. The third-order valence-corrected chi connectivity index (χ3v) is 4.81. The molecule has 0 atom stereocenters. The van der Waals surface area contributed by atoms with Crippen LogP contribution in [0.4, 0.5) is 5.69 Å². The minimum atomic E-state index is -0.112. The Bertz CT molecular complexity index is 541. The Morgan fingerprint density at radius 1 is 0.923 bits per heavy atom. The summed E-state index contributed by atoms with van der Waals surface area (Å²) in [5.74, 6) is 0.688. The van der Waals surface area contributed by atoms with Crippen molar-refractivity contribution in [2.24, 2.45) is 5.10 Å². The van der Waals surface area contributed by atoms with Crippen molar-refractivity contribution < 1.29 is 9.53 Å². The van der Waals surface area contributed by atoms with Crippen LogP contribution in [0.2, 0.25) is 0 Å². The third kappa shape index (κ3) is 8.37. The van der Waals surface area contributed by atoms with E-state index in [0.717, 1.165) is 30.0 Å². The van der Waals surface area contributed by atoms with Gasteiger partial charge in [-0.15, -0.1) is 0 Å². The van der Waals surface area contributed by atoms with Gasteiger partial charge in [-0.1, -0.05) is 44.9 Å². The SMILES string of the molecule is COc1ccc(NCC(=O)NN=C2CCCCCCCCCCC2)cc1. The van der Waals surface area contributed by atoms with Crippen LogP contribution >= 0.6 is 0 Å². The van der Waals surface area contributed by atoms with Crippen LogP contribution in [0.5, 0.6) is 5.75 Å². The van der Waals surface area contributed by atoms with Gasteiger partial charge in [0, 0.05) is 11.4 Å². The number of hydrogen-bond acceptors (Lipinski definition) is 4. The molecule has 0 saturated heterocycles. The standard InChI is InChI=1S/C21H33N3O2/c1-26-20-15-13-18(14-16-20)22-17-21(25)24-23-19-11-9-7-5-3-2-4-6-8-10-12-19/h13-16,22H,2-12,17H2,1H3,(H,24,25). The van der Waals surface area contributed by atoms with Crippen LogP contribution in [0.25, 0.3) is 0 Å². The lowest BCUT2D eigenvalue weighted by atomic mass is 10.00. The monoisotopic (exact) mass is 359 g/mol. The molecule has 1 aliphatic rings. The molecule has 1 aromatic carbocycles. The van der Waals surface area contributed by atoms with Gasteiger partial charge in [0.2, 0.25) is 0 Å². The Morgan fingerprint density at radius 2 is 1.46 bits per heavy atom. The van der Waals surface area contributed by atoms with Crippen molar-refractivity contribution in [3.8, 4) is 5.75 Å². The number of anilines is 1. The first-order chi connectivity index (χ1) is 12.8. The van der Waals surface area contributed by atoms with Crippen LogP contribution in [0.3, 0.4) is 0 Å². The molecule has 5 nitrogen and oxygen atoms in total. The summed E-state index contributed by atoms with van der Waals surface area (Å²) in [6.07, 6.45) is 13.7. The first-order valence-corrected chi connectivity index (χ1v) is 10.00. The number of carbonyl (C=O) groups excluding carboxylic acids is 1. The van der Waals surface area contributed by atoms with Gasteiger partial charge < -0.3 is 10.1 Å². The van der Waals surface area contributed by atoms with Crippen LogP contribution in [-0.2, 0) is 4.79 Å². The van der Waals surface area contributed by atoms with Crippen LogP contribution in [0, 0.1) is 0 Å². The van der Waals surface area contributed by atoms with Gasteiger partial charge in [0.25, 0.3) is 5.91 Å². The van der Waals surface area contributed by atoms with Gasteiger partial charge in [0.05, 0.1) is 13.7 Å². The van der Waals surface area contributed by atoms with E-state index in [4.69, 9.17) is 4.74 Å². The first-order valence-electron chi connectivity index (χ1n) is 10.00. The summed E-state index contributed by atoms with van der Waals surface area (Å²) < 4.78 is 5.13. The topological polar surface area (TPSA) is 62.7 Å². The van der Waals surface area contributed by atoms with E-state index in [9.17, 15) is 4.79 Å². The van der Waals surface area contributed by atoms with Crippen molar-refractivity contribution in [1.29, 1.82) is 0 Å². The van der Waals surface area contributed by atoms with E-state index in [1.807, 2.05) is 24.3 Å². The van der Waals surface area contributed by atoms with E-state index < -0.39 is 0 Å². The van der Waals surface area contributed by atoms with E-state index in [0.29, 0.717) is 0 Å². The van der Waals surface area contributed by atoms with E-state index in [-0.39, 0.29) is 12.5 Å². The van der Waals surface area contributed by atoms with Crippen molar-refractivity contribution in [2.75, 3.05) is 19.0 Å². The predicted molar refractivity (Wildman–Crippen MR) is 108 cm³/mol. The molecule has 0 bridgehead atoms. The van der Waals surface area contributed by atoms with Gasteiger partial charge in [0.1, 0.15) is 5.75 Å². The van der Waals surface area contributed by atoms with Crippen molar-refractivity contribution in [1.82, 2.24) is 5.43 Å². The largest absolute Gasteiger partial charge is 0.497 e. The lowest BCUT2D eigenvalue weighted by molar-refractivity contribution is -0.119. The quantitative estimate of drug-likeness (QED) is 0.736. The number of nitrogens with zero attached hydrogens (tertiary/aromatic N) is 1. The number of methoxy groups -OCH3 is 1. The minimum absolute atomic E-state index is 0.112. The maximum absolute atomic E-state index is 12.1. The van der Waals surface area contributed by atoms with Gasteiger partial charge in [-0.3, -0.25) is 4.79 Å². The highest BCUT2D eigenvalue weighted by Gasteiger charge is 2.05. The number of benzene rings is 1. The van der Waals surface area contributed by atoms with Crippen LogP contribution < -0.4 is 15.5 Å². The zero-order chi connectivity index (χ0) is 18.5. The minimum Gasteiger partial charge on any atom is -0.497 e. The predicted octanol–water partition coefficient (Wildman–Crippen LogP) is 4.88. The van der Waals surface area contributed by atoms with Gasteiger partial charge in [-0.2, -0.15) is 5.10 Å². The van der Waals surface area contributed by atoms with Crippen LogP contribution in [-0.4, -0.2) is 25.3 Å². The number of rotatable bonds is 5. The highest BCUT2D eigenvalue weighted by molar-refractivity contribution is 5.87. The lowest BCUT2D eigenvalue weighted by Crippen LogP contribution is -2.27. The number of hydrazone groups is 1. The molecule has 1 saturated carbocycles. The molecule has 26 heavy (non-hydrogen) atoms. The van der Waals surface area contributed by atoms with Gasteiger partial charge in [-0.05, 0) is 49.9 Å². The molecular weight excluding hydrogens is 326 g/mol. The van der Waals surface area contributed by atoms with Gasteiger partial charge >= 0.3 is 0 Å². The van der Waals surface area contributed by atoms with Gasteiger partial charge in [0.15, 0.2) is 0 Å². The number of nitrogens with one attached hydrogen (secondary N) is 2. The molecule has 2 rings (SSSR count). The number of hydrogen-bond donors (Lipinski definition) is 2. The zero-order valence-corrected chi connectivity index (χ0v) is 16.1. The normalized spacial score (nSPS) is 16.7. The lowest BCUT2D eigenvalue weighted by Gasteiger charge is -2.10. The maximum Gasteiger partial charge on any atom is 0.259 e. The molecule has 1 amide bonds. The molecule has 1 aliphatic carbocycles. The second kappa shape index (κ2) is 12.3. The number of ether oxygens (including phenoxy) is 1. The Labute approximate surface area is 157 Å². The second-order valence-electron chi connectivity index (χ2n) is 6.98. The molecule has 0 unspecified atom stereocenters. The van der Waals surface area contributed by atoms with E-state index >= 15 is 0 Å². The fraction of sp³-hybridized carbons (Fsp3) is 0.619. The molecule has 0 aromatic heterocycles. The Morgan fingerprint density at radius 3 is 2.00 bits per heavy atom. The third-order valence-electron chi connectivity index (χ3n) is 4.81.